The Labute approximate surface area is 150 Å². The van der Waals surface area contributed by atoms with Crippen molar-refractivity contribution in [3.8, 4) is 11.5 Å². The summed E-state index contributed by atoms with van der Waals surface area (Å²) in [5.41, 5.74) is 0.893. The number of rotatable bonds is 8. The molecule has 1 aromatic carbocycles. The van der Waals surface area contributed by atoms with Crippen molar-refractivity contribution in [2.75, 3.05) is 27.2 Å². The maximum Gasteiger partial charge on any atom is 0.190 e. The monoisotopic (exact) mass is 421 g/mol. The van der Waals surface area contributed by atoms with Crippen molar-refractivity contribution in [3.05, 3.63) is 23.8 Å². The van der Waals surface area contributed by atoms with E-state index in [2.05, 4.69) is 22.5 Å². The zero-order chi connectivity index (χ0) is 15.5. The molecule has 6 heteroatoms. The van der Waals surface area contributed by atoms with Gasteiger partial charge in [0, 0.05) is 26.2 Å². The number of guanidine groups is 1. The fourth-order valence-corrected chi connectivity index (χ4v) is 2.00. The van der Waals surface area contributed by atoms with E-state index in [0.29, 0.717) is 12.3 Å². The van der Waals surface area contributed by atoms with Gasteiger partial charge in [-0.25, -0.2) is 0 Å². The van der Waals surface area contributed by atoms with Crippen molar-refractivity contribution in [3.63, 3.8) is 0 Å². The smallest absolute Gasteiger partial charge is 0.190 e. The van der Waals surface area contributed by atoms with E-state index in [4.69, 9.17) is 4.74 Å². The largest absolute Gasteiger partial charge is 0.508 e. The van der Waals surface area contributed by atoms with Gasteiger partial charge in [0.15, 0.2) is 5.96 Å². The Morgan fingerprint density at radius 2 is 1.95 bits per heavy atom. The summed E-state index contributed by atoms with van der Waals surface area (Å²) in [6, 6.07) is 5.37. The number of aliphatic imine (C=N–C) groups is 1. The van der Waals surface area contributed by atoms with Crippen LogP contribution in [0.15, 0.2) is 23.2 Å². The second-order valence-corrected chi connectivity index (χ2v) is 4.88. The lowest BCUT2D eigenvalue weighted by Gasteiger charge is -2.12. The number of halogens is 1. The van der Waals surface area contributed by atoms with Crippen LogP contribution in [0.1, 0.15) is 31.7 Å². The lowest BCUT2D eigenvalue weighted by Crippen LogP contribution is -2.38. The topological polar surface area (TPSA) is 65.9 Å². The summed E-state index contributed by atoms with van der Waals surface area (Å²) in [5.74, 6) is 1.73. The van der Waals surface area contributed by atoms with Gasteiger partial charge in [-0.3, -0.25) is 4.99 Å². The third-order valence-electron chi connectivity index (χ3n) is 3.28. The van der Waals surface area contributed by atoms with Gasteiger partial charge in [-0.15, -0.1) is 24.0 Å². The van der Waals surface area contributed by atoms with E-state index in [1.165, 1.54) is 12.8 Å². The molecule has 0 aromatic heterocycles. The first-order valence-electron chi connectivity index (χ1n) is 7.51. The Morgan fingerprint density at radius 1 is 1.23 bits per heavy atom. The van der Waals surface area contributed by atoms with Crippen LogP contribution in [0.5, 0.6) is 11.5 Å². The standard InChI is InChI=1S/C16H27N3O2.HI/c1-4-5-6-10-18-16(17-2)19-11-9-13-7-8-14(21-3)12-15(13)20;/h7-8,12,20H,4-6,9-11H2,1-3H3,(H2,17,18,19);1H. The summed E-state index contributed by atoms with van der Waals surface area (Å²) in [5, 5.41) is 16.4. The van der Waals surface area contributed by atoms with E-state index in [1.807, 2.05) is 12.1 Å². The van der Waals surface area contributed by atoms with Crippen molar-refractivity contribution >= 4 is 29.9 Å². The summed E-state index contributed by atoms with van der Waals surface area (Å²) in [4.78, 5) is 4.18. The van der Waals surface area contributed by atoms with Crippen LogP contribution in [0.2, 0.25) is 0 Å². The van der Waals surface area contributed by atoms with Gasteiger partial charge in [-0.1, -0.05) is 25.8 Å². The Hall–Kier alpha value is -1.18. The number of hydrogen-bond acceptors (Lipinski definition) is 3. The third kappa shape index (κ3) is 7.72. The Bertz CT molecular complexity index is 453. The lowest BCUT2D eigenvalue weighted by atomic mass is 10.1. The SMILES string of the molecule is CCCCCNC(=NC)NCCc1ccc(OC)cc1O.I. The molecule has 0 fully saturated rings. The van der Waals surface area contributed by atoms with Crippen LogP contribution >= 0.6 is 24.0 Å². The van der Waals surface area contributed by atoms with Crippen LogP contribution in [0.4, 0.5) is 0 Å². The second kappa shape index (κ2) is 12.4. The quantitative estimate of drug-likeness (QED) is 0.262. The van der Waals surface area contributed by atoms with Gasteiger partial charge in [-0.2, -0.15) is 0 Å². The molecule has 0 saturated carbocycles. The molecule has 0 aliphatic rings. The van der Waals surface area contributed by atoms with E-state index in [9.17, 15) is 5.11 Å². The van der Waals surface area contributed by atoms with Gasteiger partial charge in [0.2, 0.25) is 0 Å². The zero-order valence-electron chi connectivity index (χ0n) is 13.7. The number of aromatic hydroxyl groups is 1. The van der Waals surface area contributed by atoms with Crippen LogP contribution in [0.3, 0.4) is 0 Å². The number of phenols is 1. The molecule has 0 spiro atoms. The minimum Gasteiger partial charge on any atom is -0.508 e. The molecule has 5 nitrogen and oxygen atoms in total. The molecule has 0 amide bonds. The Kier molecular flexibility index (Phi) is 11.7. The molecule has 1 aromatic rings. The number of phenolic OH excluding ortho intramolecular Hbond substituents is 1. The zero-order valence-corrected chi connectivity index (χ0v) is 16.0. The summed E-state index contributed by atoms with van der Waals surface area (Å²) >= 11 is 0. The van der Waals surface area contributed by atoms with Crippen molar-refractivity contribution in [2.24, 2.45) is 4.99 Å². The molecule has 0 bridgehead atoms. The maximum absolute atomic E-state index is 9.89. The molecule has 0 unspecified atom stereocenters. The lowest BCUT2D eigenvalue weighted by molar-refractivity contribution is 0.406. The average Bonchev–Trinajstić information content (AvgIpc) is 2.51. The van der Waals surface area contributed by atoms with Gasteiger partial charge < -0.3 is 20.5 Å². The van der Waals surface area contributed by atoms with Crippen LogP contribution < -0.4 is 15.4 Å². The van der Waals surface area contributed by atoms with E-state index in [-0.39, 0.29) is 29.7 Å². The number of hydrogen-bond donors (Lipinski definition) is 3. The molecule has 0 saturated heterocycles. The highest BCUT2D eigenvalue weighted by Gasteiger charge is 2.03. The van der Waals surface area contributed by atoms with Gasteiger partial charge >= 0.3 is 0 Å². The van der Waals surface area contributed by atoms with E-state index in [0.717, 1.165) is 30.9 Å². The van der Waals surface area contributed by atoms with Crippen molar-refractivity contribution in [1.82, 2.24) is 10.6 Å². The first kappa shape index (κ1) is 20.8. The van der Waals surface area contributed by atoms with Crippen molar-refractivity contribution in [1.29, 1.82) is 0 Å². The van der Waals surface area contributed by atoms with Gasteiger partial charge in [0.1, 0.15) is 11.5 Å². The molecular formula is C16H28IN3O2. The van der Waals surface area contributed by atoms with Crippen LogP contribution in [-0.2, 0) is 6.42 Å². The molecule has 1 rings (SSSR count). The summed E-state index contributed by atoms with van der Waals surface area (Å²) in [7, 11) is 3.35. The number of nitrogens with one attached hydrogen (secondary N) is 2. The minimum atomic E-state index is 0. The first-order valence-corrected chi connectivity index (χ1v) is 7.51. The third-order valence-corrected chi connectivity index (χ3v) is 3.28. The number of unbranched alkanes of at least 4 members (excludes halogenated alkanes) is 2. The van der Waals surface area contributed by atoms with E-state index >= 15 is 0 Å². The van der Waals surface area contributed by atoms with Gasteiger partial charge in [0.05, 0.1) is 7.11 Å². The average molecular weight is 421 g/mol. The van der Waals surface area contributed by atoms with Crippen LogP contribution in [-0.4, -0.2) is 38.3 Å². The summed E-state index contributed by atoms with van der Waals surface area (Å²) in [6.45, 7) is 3.84. The molecule has 0 aliphatic carbocycles. The molecule has 3 N–H and O–H groups in total. The maximum atomic E-state index is 9.89. The fourth-order valence-electron chi connectivity index (χ4n) is 2.00. The van der Waals surface area contributed by atoms with Crippen molar-refractivity contribution < 1.29 is 9.84 Å². The highest BCUT2D eigenvalue weighted by molar-refractivity contribution is 14.0. The molecule has 22 heavy (non-hydrogen) atoms. The fraction of sp³-hybridized carbons (Fsp3) is 0.562. The van der Waals surface area contributed by atoms with E-state index < -0.39 is 0 Å². The number of nitrogens with zero attached hydrogens (tertiary/aromatic N) is 1. The number of methoxy groups -OCH3 is 1. The Balaban J connectivity index is 0.00000441. The minimum absolute atomic E-state index is 0. The highest BCUT2D eigenvalue weighted by atomic mass is 127. The van der Waals surface area contributed by atoms with Gasteiger partial charge in [-0.05, 0) is 24.5 Å². The molecule has 0 radical (unpaired) electrons. The normalized spacial score (nSPS) is 10.8. The molecule has 0 heterocycles. The van der Waals surface area contributed by atoms with Crippen LogP contribution in [0.25, 0.3) is 0 Å². The van der Waals surface area contributed by atoms with Gasteiger partial charge in [0.25, 0.3) is 0 Å². The predicted molar refractivity (Wildman–Crippen MR) is 103 cm³/mol. The molecule has 126 valence electrons. The molecular weight excluding hydrogens is 393 g/mol. The first-order chi connectivity index (χ1) is 10.2. The van der Waals surface area contributed by atoms with Crippen LogP contribution in [0, 0.1) is 0 Å². The number of benzene rings is 1. The molecule has 0 atom stereocenters. The van der Waals surface area contributed by atoms with Crippen molar-refractivity contribution in [2.45, 2.75) is 32.6 Å². The summed E-state index contributed by atoms with van der Waals surface area (Å²) in [6.07, 6.45) is 4.32. The Morgan fingerprint density at radius 3 is 2.55 bits per heavy atom. The molecule has 0 aliphatic heterocycles. The number of ether oxygens (including phenoxy) is 1. The summed E-state index contributed by atoms with van der Waals surface area (Å²) < 4.78 is 5.07. The van der Waals surface area contributed by atoms with E-state index in [1.54, 1.807) is 20.2 Å². The second-order valence-electron chi connectivity index (χ2n) is 4.88. The highest BCUT2D eigenvalue weighted by Crippen LogP contribution is 2.23. The predicted octanol–water partition coefficient (Wildman–Crippen LogP) is 2.92.